The molecule has 1 aromatic rings. The number of nitrogens with one attached hydrogen (secondary N) is 2. The maximum absolute atomic E-state index is 5.68. The van der Waals surface area contributed by atoms with Gasteiger partial charge in [-0.15, -0.1) is 0 Å². The number of nitrogens with zero attached hydrogens (tertiary/aromatic N) is 1. The number of H-pyrrole nitrogens is 1. The summed E-state index contributed by atoms with van der Waals surface area (Å²) in [6.45, 7) is 4.08. The Morgan fingerprint density at radius 1 is 1.69 bits per heavy atom. The molecule has 1 aliphatic heterocycles. The van der Waals surface area contributed by atoms with Crippen molar-refractivity contribution in [3.63, 3.8) is 0 Å². The van der Waals surface area contributed by atoms with Crippen LogP contribution in [-0.2, 0) is 11.2 Å². The molecule has 0 aromatic carbocycles. The van der Waals surface area contributed by atoms with E-state index in [0.29, 0.717) is 12.1 Å². The summed E-state index contributed by atoms with van der Waals surface area (Å²) in [5.74, 6) is 1.06. The summed E-state index contributed by atoms with van der Waals surface area (Å²) in [5.41, 5.74) is 0. The van der Waals surface area contributed by atoms with E-state index in [1.54, 1.807) is 0 Å². The van der Waals surface area contributed by atoms with E-state index >= 15 is 0 Å². The van der Waals surface area contributed by atoms with E-state index < -0.39 is 0 Å². The molecule has 0 radical (unpaired) electrons. The molecule has 2 atom stereocenters. The van der Waals surface area contributed by atoms with Crippen LogP contribution in [0.4, 0.5) is 0 Å². The van der Waals surface area contributed by atoms with Gasteiger partial charge < -0.3 is 15.0 Å². The second-order valence-electron chi connectivity index (χ2n) is 4.37. The van der Waals surface area contributed by atoms with Gasteiger partial charge in [0.1, 0.15) is 5.82 Å². The highest BCUT2D eigenvalue weighted by Gasteiger charge is 2.20. The van der Waals surface area contributed by atoms with E-state index in [9.17, 15) is 0 Å². The smallest absolute Gasteiger partial charge is 0.107 e. The van der Waals surface area contributed by atoms with Gasteiger partial charge in [0.25, 0.3) is 0 Å². The van der Waals surface area contributed by atoms with Crippen molar-refractivity contribution in [2.24, 2.45) is 0 Å². The Kier molecular flexibility index (Phi) is 4.36. The Bertz CT molecular complexity index is 280. The Labute approximate surface area is 96.8 Å². The van der Waals surface area contributed by atoms with Gasteiger partial charge in [-0.05, 0) is 25.8 Å². The van der Waals surface area contributed by atoms with Gasteiger partial charge in [-0.2, -0.15) is 0 Å². The number of likely N-dealkylation sites (N-methyl/N-ethyl adjacent to an activating group) is 1. The molecule has 0 bridgehead atoms. The molecule has 90 valence electrons. The van der Waals surface area contributed by atoms with Gasteiger partial charge in [-0.1, -0.05) is 6.92 Å². The van der Waals surface area contributed by atoms with E-state index in [0.717, 1.165) is 31.8 Å². The van der Waals surface area contributed by atoms with Crippen molar-refractivity contribution in [3.8, 4) is 0 Å². The van der Waals surface area contributed by atoms with E-state index in [2.05, 4.69) is 22.2 Å². The van der Waals surface area contributed by atoms with Crippen molar-refractivity contribution in [2.45, 2.75) is 44.8 Å². The normalized spacial score (nSPS) is 22.4. The molecule has 2 heterocycles. The highest BCUT2D eigenvalue weighted by atomic mass is 16.5. The first-order chi connectivity index (χ1) is 7.88. The third kappa shape index (κ3) is 3.32. The van der Waals surface area contributed by atoms with Crippen LogP contribution in [0.5, 0.6) is 0 Å². The van der Waals surface area contributed by atoms with Gasteiger partial charge in [-0.25, -0.2) is 4.98 Å². The Morgan fingerprint density at radius 3 is 3.25 bits per heavy atom. The van der Waals surface area contributed by atoms with Crippen LogP contribution < -0.4 is 5.32 Å². The fraction of sp³-hybridized carbons (Fsp3) is 0.750. The van der Waals surface area contributed by atoms with Crippen molar-refractivity contribution < 1.29 is 4.74 Å². The van der Waals surface area contributed by atoms with Gasteiger partial charge in [0.2, 0.25) is 0 Å². The van der Waals surface area contributed by atoms with E-state index in [1.807, 2.05) is 12.4 Å². The van der Waals surface area contributed by atoms with Crippen molar-refractivity contribution >= 4 is 0 Å². The molecule has 0 spiro atoms. The lowest BCUT2D eigenvalue weighted by molar-refractivity contribution is 0.0946. The van der Waals surface area contributed by atoms with Crippen LogP contribution >= 0.6 is 0 Å². The summed E-state index contributed by atoms with van der Waals surface area (Å²) in [7, 11) is 0. The molecule has 4 nitrogen and oxygen atoms in total. The lowest BCUT2D eigenvalue weighted by Gasteiger charge is -2.20. The summed E-state index contributed by atoms with van der Waals surface area (Å²) >= 11 is 0. The largest absolute Gasteiger partial charge is 0.378 e. The van der Waals surface area contributed by atoms with Gasteiger partial charge in [0, 0.05) is 31.5 Å². The predicted molar refractivity (Wildman–Crippen MR) is 63.3 cm³/mol. The number of imidazole rings is 1. The average Bonchev–Trinajstić information content (AvgIpc) is 2.91. The number of aromatic nitrogens is 2. The molecular formula is C12H21N3O. The summed E-state index contributed by atoms with van der Waals surface area (Å²) < 4.78 is 5.68. The Hall–Kier alpha value is -0.870. The Balaban J connectivity index is 1.83. The maximum Gasteiger partial charge on any atom is 0.107 e. The number of aromatic amines is 1. The molecule has 1 saturated heterocycles. The first-order valence-corrected chi connectivity index (χ1v) is 6.21. The highest BCUT2D eigenvalue weighted by Crippen LogP contribution is 2.18. The minimum Gasteiger partial charge on any atom is -0.378 e. The standard InChI is InChI=1S/C12H21N3O/c1-2-13-10(8-11-4-3-7-16-11)9-12-14-5-6-15-12/h5-6,10-11,13H,2-4,7-9H2,1H3,(H,14,15). The van der Waals surface area contributed by atoms with Crippen molar-refractivity contribution in [1.29, 1.82) is 0 Å². The maximum atomic E-state index is 5.68. The molecule has 0 amide bonds. The summed E-state index contributed by atoms with van der Waals surface area (Å²) in [5, 5.41) is 3.51. The molecule has 0 saturated carbocycles. The van der Waals surface area contributed by atoms with Crippen LogP contribution in [0.3, 0.4) is 0 Å². The molecular weight excluding hydrogens is 202 g/mol. The molecule has 2 N–H and O–H groups in total. The van der Waals surface area contributed by atoms with Crippen LogP contribution in [-0.4, -0.2) is 35.3 Å². The predicted octanol–water partition coefficient (Wildman–Crippen LogP) is 1.50. The average molecular weight is 223 g/mol. The number of ether oxygens (including phenoxy) is 1. The SMILES string of the molecule is CCNC(Cc1ncc[nH]1)CC1CCCO1. The second kappa shape index (κ2) is 6.01. The molecule has 4 heteroatoms. The zero-order valence-electron chi connectivity index (χ0n) is 9.91. The van der Waals surface area contributed by atoms with Crippen molar-refractivity contribution in [3.05, 3.63) is 18.2 Å². The van der Waals surface area contributed by atoms with Crippen molar-refractivity contribution in [1.82, 2.24) is 15.3 Å². The monoisotopic (exact) mass is 223 g/mol. The van der Waals surface area contributed by atoms with Gasteiger partial charge in [0.05, 0.1) is 6.10 Å². The number of hydrogen-bond acceptors (Lipinski definition) is 3. The minimum absolute atomic E-state index is 0.444. The third-order valence-corrected chi connectivity index (χ3v) is 3.06. The minimum atomic E-state index is 0.444. The lowest BCUT2D eigenvalue weighted by atomic mass is 10.0. The van der Waals surface area contributed by atoms with Crippen molar-refractivity contribution in [2.75, 3.05) is 13.2 Å². The fourth-order valence-electron chi connectivity index (χ4n) is 2.32. The highest BCUT2D eigenvalue weighted by molar-refractivity contribution is 4.92. The summed E-state index contributed by atoms with van der Waals surface area (Å²) in [6, 6.07) is 0.472. The van der Waals surface area contributed by atoms with Crippen LogP contribution in [0, 0.1) is 0 Å². The molecule has 2 rings (SSSR count). The van der Waals surface area contributed by atoms with E-state index in [1.165, 1.54) is 12.8 Å². The zero-order chi connectivity index (χ0) is 11.2. The fourth-order valence-corrected chi connectivity index (χ4v) is 2.32. The first-order valence-electron chi connectivity index (χ1n) is 6.21. The second-order valence-corrected chi connectivity index (χ2v) is 4.37. The molecule has 0 aliphatic carbocycles. The Morgan fingerprint density at radius 2 is 2.62 bits per heavy atom. The molecule has 1 aliphatic rings. The quantitative estimate of drug-likeness (QED) is 0.768. The summed E-state index contributed by atoms with van der Waals surface area (Å²) in [4.78, 5) is 7.44. The lowest BCUT2D eigenvalue weighted by Crippen LogP contribution is -2.34. The molecule has 1 aromatic heterocycles. The van der Waals surface area contributed by atoms with Crippen LogP contribution in [0.2, 0.25) is 0 Å². The van der Waals surface area contributed by atoms with Crippen LogP contribution in [0.1, 0.15) is 32.0 Å². The molecule has 1 fully saturated rings. The first kappa shape index (κ1) is 11.6. The van der Waals surface area contributed by atoms with Gasteiger partial charge in [0.15, 0.2) is 0 Å². The summed E-state index contributed by atoms with van der Waals surface area (Å²) in [6.07, 6.45) is 8.60. The van der Waals surface area contributed by atoms with Gasteiger partial charge in [-0.3, -0.25) is 0 Å². The molecule has 2 unspecified atom stereocenters. The van der Waals surface area contributed by atoms with E-state index in [4.69, 9.17) is 4.74 Å². The van der Waals surface area contributed by atoms with Crippen LogP contribution in [0.25, 0.3) is 0 Å². The number of hydrogen-bond donors (Lipinski definition) is 2. The topological polar surface area (TPSA) is 49.9 Å². The van der Waals surface area contributed by atoms with Crippen LogP contribution in [0.15, 0.2) is 12.4 Å². The third-order valence-electron chi connectivity index (χ3n) is 3.06. The van der Waals surface area contributed by atoms with E-state index in [-0.39, 0.29) is 0 Å². The number of rotatable bonds is 6. The molecule has 16 heavy (non-hydrogen) atoms. The zero-order valence-corrected chi connectivity index (χ0v) is 9.91. The van der Waals surface area contributed by atoms with Gasteiger partial charge >= 0.3 is 0 Å².